The number of imide groups is 2. The zero-order valence-electron chi connectivity index (χ0n) is 27.2. The molecule has 0 bridgehead atoms. The lowest BCUT2D eigenvalue weighted by Gasteiger charge is -2.50. The summed E-state index contributed by atoms with van der Waals surface area (Å²) in [6, 6.07) is 25.3. The second-order valence-corrected chi connectivity index (χ2v) is 14.1. The Balaban J connectivity index is 1.25. The van der Waals surface area contributed by atoms with Crippen LogP contribution in [0.25, 0.3) is 0 Å². The van der Waals surface area contributed by atoms with Crippen LogP contribution in [-0.4, -0.2) is 50.3 Å². The van der Waals surface area contributed by atoms with Crippen molar-refractivity contribution in [2.75, 3.05) is 12.0 Å². The standard InChI is InChI=1S/C40H33ClFN3O6/c41-25-8-6-24(7-9-25)40-33(37(49)45(39(40)51)43-27-12-10-26(42)11-13-27)21-32-30(35(40)23-2-1-3-29(47)20-23)16-17-31-34(32)38(50)44(36(31)48)19-18-22-4-14-28(46)15-5-22/h1-16,20,31-35,43,46-47H,17-19,21H2. The zero-order valence-corrected chi connectivity index (χ0v) is 28.0. The number of anilines is 1. The molecule has 2 saturated heterocycles. The average Bonchev–Trinajstić information content (AvgIpc) is 3.49. The number of phenols is 2. The highest BCUT2D eigenvalue weighted by Gasteiger charge is 2.70. The first-order chi connectivity index (χ1) is 24.6. The second kappa shape index (κ2) is 12.4. The average molecular weight is 706 g/mol. The van der Waals surface area contributed by atoms with Gasteiger partial charge in [0.05, 0.1) is 28.9 Å². The van der Waals surface area contributed by atoms with Crippen molar-refractivity contribution in [3.8, 4) is 11.5 Å². The number of aromatic hydroxyl groups is 2. The van der Waals surface area contributed by atoms with Gasteiger partial charge in [-0.1, -0.05) is 59.6 Å². The molecular weight excluding hydrogens is 673 g/mol. The van der Waals surface area contributed by atoms with Gasteiger partial charge in [0.25, 0.3) is 11.8 Å². The fourth-order valence-corrected chi connectivity index (χ4v) is 9.05. The van der Waals surface area contributed by atoms with E-state index in [1.54, 1.807) is 66.7 Å². The summed E-state index contributed by atoms with van der Waals surface area (Å²) in [7, 11) is 0. The summed E-state index contributed by atoms with van der Waals surface area (Å²) in [6.07, 6.45) is 2.75. The van der Waals surface area contributed by atoms with Crippen molar-refractivity contribution in [1.82, 2.24) is 9.91 Å². The predicted molar refractivity (Wildman–Crippen MR) is 186 cm³/mol. The third kappa shape index (κ3) is 5.19. The first-order valence-electron chi connectivity index (χ1n) is 16.9. The molecule has 3 fully saturated rings. The fraction of sp³-hybridized carbons (Fsp3) is 0.250. The third-order valence-corrected chi connectivity index (χ3v) is 11.4. The van der Waals surface area contributed by atoms with E-state index in [2.05, 4.69) is 5.43 Å². The molecule has 258 valence electrons. The number of nitrogens with one attached hydrogen (secondary N) is 1. The zero-order chi connectivity index (χ0) is 35.6. The lowest BCUT2D eigenvalue weighted by atomic mass is 9.49. The Hall–Kier alpha value is -5.48. The molecule has 4 aromatic carbocycles. The van der Waals surface area contributed by atoms with Crippen molar-refractivity contribution in [2.24, 2.45) is 23.7 Å². The van der Waals surface area contributed by atoms with Crippen molar-refractivity contribution in [3.63, 3.8) is 0 Å². The Morgan fingerprint density at radius 3 is 2.25 bits per heavy atom. The molecule has 6 unspecified atom stereocenters. The molecule has 4 aromatic rings. The summed E-state index contributed by atoms with van der Waals surface area (Å²) in [6.45, 7) is 0.165. The van der Waals surface area contributed by atoms with Crippen LogP contribution in [0.4, 0.5) is 10.1 Å². The molecule has 4 aliphatic rings. The highest BCUT2D eigenvalue weighted by molar-refractivity contribution is 6.30. The molecular formula is C40H33ClFN3O6. The number of carbonyl (C=O) groups is 4. The second-order valence-electron chi connectivity index (χ2n) is 13.7. The molecule has 0 spiro atoms. The molecule has 8 rings (SSSR count). The van der Waals surface area contributed by atoms with Gasteiger partial charge in [0.2, 0.25) is 11.8 Å². The van der Waals surface area contributed by atoms with Gasteiger partial charge in [-0.05, 0) is 103 Å². The van der Waals surface area contributed by atoms with Crippen molar-refractivity contribution < 1.29 is 33.8 Å². The molecule has 0 aromatic heterocycles. The summed E-state index contributed by atoms with van der Waals surface area (Å²) < 4.78 is 13.8. The van der Waals surface area contributed by atoms with E-state index < -0.39 is 52.6 Å². The van der Waals surface area contributed by atoms with E-state index >= 15 is 4.79 Å². The van der Waals surface area contributed by atoms with Crippen LogP contribution in [0.5, 0.6) is 11.5 Å². The van der Waals surface area contributed by atoms with E-state index in [0.29, 0.717) is 28.3 Å². The summed E-state index contributed by atoms with van der Waals surface area (Å²) in [5, 5.41) is 21.8. The van der Waals surface area contributed by atoms with E-state index in [4.69, 9.17) is 11.6 Å². The highest BCUT2D eigenvalue weighted by atomic mass is 35.5. The molecule has 0 radical (unpaired) electrons. The number of hydrogen-bond acceptors (Lipinski definition) is 7. The molecule has 2 aliphatic carbocycles. The van der Waals surface area contributed by atoms with Crippen molar-refractivity contribution >= 4 is 40.9 Å². The molecule has 51 heavy (non-hydrogen) atoms. The van der Waals surface area contributed by atoms with Crippen molar-refractivity contribution in [2.45, 2.75) is 30.6 Å². The number of hydrazine groups is 1. The number of phenolic OH excluding ortho intramolecular Hbond substituents is 2. The minimum absolute atomic E-state index is 0.0303. The number of carbonyl (C=O) groups excluding carboxylic acids is 4. The topological polar surface area (TPSA) is 127 Å². The molecule has 4 amide bonds. The monoisotopic (exact) mass is 705 g/mol. The third-order valence-electron chi connectivity index (χ3n) is 11.1. The van der Waals surface area contributed by atoms with Gasteiger partial charge in [0, 0.05) is 17.5 Å². The lowest BCUT2D eigenvalue weighted by Crippen LogP contribution is -2.53. The Morgan fingerprint density at radius 1 is 0.824 bits per heavy atom. The molecule has 3 N–H and O–H groups in total. The van der Waals surface area contributed by atoms with Crippen LogP contribution < -0.4 is 5.43 Å². The van der Waals surface area contributed by atoms with E-state index in [0.717, 1.165) is 16.1 Å². The maximum atomic E-state index is 15.1. The van der Waals surface area contributed by atoms with E-state index in [1.807, 2.05) is 6.08 Å². The number of fused-ring (bicyclic) bond motifs is 4. The van der Waals surface area contributed by atoms with Crippen LogP contribution in [-0.2, 0) is 31.0 Å². The summed E-state index contributed by atoms with van der Waals surface area (Å²) in [5.41, 5.74) is 4.47. The first-order valence-corrected chi connectivity index (χ1v) is 17.2. The largest absolute Gasteiger partial charge is 0.508 e. The van der Waals surface area contributed by atoms with Gasteiger partial charge in [-0.2, -0.15) is 5.01 Å². The number of rotatable bonds is 7. The molecule has 11 heteroatoms. The SMILES string of the molecule is O=C1C2CC=C3C(CC4C(=O)N(Nc5ccc(F)cc5)C(=O)C4(c4ccc(Cl)cc4)C3c3cccc(O)c3)C2C(=O)N1CCc1ccc(O)cc1. The van der Waals surface area contributed by atoms with Gasteiger partial charge >= 0.3 is 0 Å². The molecule has 6 atom stereocenters. The highest BCUT2D eigenvalue weighted by Crippen LogP contribution is 2.64. The Bertz CT molecular complexity index is 2100. The number of allylic oxidation sites excluding steroid dienone is 2. The summed E-state index contributed by atoms with van der Waals surface area (Å²) >= 11 is 6.33. The van der Waals surface area contributed by atoms with Gasteiger partial charge < -0.3 is 10.2 Å². The lowest BCUT2D eigenvalue weighted by molar-refractivity contribution is -0.141. The Morgan fingerprint density at radius 2 is 1.55 bits per heavy atom. The van der Waals surface area contributed by atoms with Crippen molar-refractivity contribution in [3.05, 3.63) is 136 Å². The number of likely N-dealkylation sites (tertiary alicyclic amines) is 1. The maximum absolute atomic E-state index is 15.1. The van der Waals surface area contributed by atoms with Crippen molar-refractivity contribution in [1.29, 1.82) is 0 Å². The van der Waals surface area contributed by atoms with Gasteiger partial charge in [0.1, 0.15) is 17.3 Å². The number of halogens is 2. The van der Waals surface area contributed by atoms with Crippen LogP contribution in [0, 0.1) is 29.5 Å². The number of nitrogens with zero attached hydrogens (tertiary/aromatic N) is 2. The smallest absolute Gasteiger partial charge is 0.260 e. The van der Waals surface area contributed by atoms with Crippen LogP contribution >= 0.6 is 11.6 Å². The Kier molecular flexibility index (Phi) is 7.94. The molecule has 9 nitrogen and oxygen atoms in total. The van der Waals surface area contributed by atoms with Gasteiger partial charge in [-0.25, -0.2) is 4.39 Å². The Labute approximate surface area is 297 Å². The molecule has 2 aliphatic heterocycles. The van der Waals surface area contributed by atoms with Crippen LogP contribution in [0.3, 0.4) is 0 Å². The quantitative estimate of drug-likeness (QED) is 0.156. The predicted octanol–water partition coefficient (Wildman–Crippen LogP) is 6.12. The van der Waals surface area contributed by atoms with Crippen LogP contribution in [0.15, 0.2) is 109 Å². The normalized spacial score (nSPS) is 26.9. The number of amides is 4. The van der Waals surface area contributed by atoms with Crippen LogP contribution in [0.1, 0.15) is 35.4 Å². The number of benzene rings is 4. The minimum Gasteiger partial charge on any atom is -0.508 e. The molecule has 2 heterocycles. The van der Waals surface area contributed by atoms with Gasteiger partial charge in [-0.3, -0.25) is 29.5 Å². The van der Waals surface area contributed by atoms with Crippen LogP contribution in [0.2, 0.25) is 5.02 Å². The number of hydrogen-bond donors (Lipinski definition) is 3. The van der Waals surface area contributed by atoms with Gasteiger partial charge in [0.15, 0.2) is 0 Å². The summed E-state index contributed by atoms with van der Waals surface area (Å²) in [5.74, 6) is -5.75. The maximum Gasteiger partial charge on any atom is 0.260 e. The first kappa shape index (κ1) is 32.7. The minimum atomic E-state index is -1.53. The van der Waals surface area contributed by atoms with E-state index in [9.17, 15) is 29.0 Å². The van der Waals surface area contributed by atoms with Gasteiger partial charge in [-0.15, -0.1) is 0 Å². The fourth-order valence-electron chi connectivity index (χ4n) is 8.92. The molecule has 1 saturated carbocycles. The van der Waals surface area contributed by atoms with E-state index in [1.165, 1.54) is 35.2 Å². The summed E-state index contributed by atoms with van der Waals surface area (Å²) in [4.78, 5) is 59.3. The van der Waals surface area contributed by atoms with E-state index in [-0.39, 0.29) is 42.7 Å².